The highest BCUT2D eigenvalue weighted by atomic mass is 35.5. The van der Waals surface area contributed by atoms with Crippen molar-refractivity contribution in [1.82, 2.24) is 0 Å². The van der Waals surface area contributed by atoms with Crippen molar-refractivity contribution >= 4 is 0 Å². The van der Waals surface area contributed by atoms with E-state index < -0.39 is 0 Å². The first-order valence-electron chi connectivity index (χ1n) is 10.5. The minimum atomic E-state index is 0. The molecule has 0 saturated carbocycles. The van der Waals surface area contributed by atoms with Crippen molar-refractivity contribution in [2.24, 2.45) is 0 Å². The van der Waals surface area contributed by atoms with Crippen molar-refractivity contribution < 1.29 is 26.4 Å². The first-order chi connectivity index (χ1) is 11.8. The normalized spacial score (nSPS) is 23.6. The number of epoxide rings is 2. The highest BCUT2D eigenvalue weighted by molar-refractivity contribution is 4.77. The lowest BCUT2D eigenvalue weighted by atomic mass is 10.1. The number of rotatable bonds is 17. The summed E-state index contributed by atoms with van der Waals surface area (Å²) in [6, 6.07) is 0. The molecule has 2 fully saturated rings. The van der Waals surface area contributed by atoms with Crippen LogP contribution < -0.4 is 12.4 Å². The third-order valence-corrected chi connectivity index (χ3v) is 5.49. The Labute approximate surface area is 162 Å². The molecule has 0 N–H and O–H groups in total. The Hall–Kier alpha value is -0.0900. The van der Waals surface area contributed by atoms with Gasteiger partial charge in [0.15, 0.2) is 0 Å². The van der Waals surface area contributed by atoms with Gasteiger partial charge in [0.1, 0.15) is 25.3 Å². The first kappa shape index (κ1) is 23.0. The highest BCUT2D eigenvalue weighted by Gasteiger charge is 2.41. The Kier molecular flexibility index (Phi) is 12.1. The SMILES string of the molecule is C=CC[N+](CCCCCCCCCCCC)(CC1CO1)CC1CO1.[Cl-]. The predicted octanol–water partition coefficient (Wildman–Crippen LogP) is 1.71. The molecule has 4 heteroatoms. The van der Waals surface area contributed by atoms with Crippen LogP contribution in [0.15, 0.2) is 12.7 Å². The molecule has 2 unspecified atom stereocenters. The smallest absolute Gasteiger partial charge is 0.130 e. The molecule has 0 aromatic rings. The van der Waals surface area contributed by atoms with Crippen LogP contribution in [0.25, 0.3) is 0 Å². The van der Waals surface area contributed by atoms with Crippen LogP contribution in [0.2, 0.25) is 0 Å². The zero-order valence-electron chi connectivity index (χ0n) is 16.4. The Morgan fingerprint density at radius 1 is 0.840 bits per heavy atom. The highest BCUT2D eigenvalue weighted by Crippen LogP contribution is 2.24. The van der Waals surface area contributed by atoms with Crippen molar-refractivity contribution in [3.8, 4) is 0 Å². The summed E-state index contributed by atoms with van der Waals surface area (Å²) in [7, 11) is 0. The quantitative estimate of drug-likeness (QED) is 0.168. The fraction of sp³-hybridized carbons (Fsp3) is 0.905. The number of unbranched alkanes of at least 4 members (excludes halogenated alkanes) is 9. The molecule has 148 valence electrons. The molecular formula is C21H40ClNO2. The third-order valence-electron chi connectivity index (χ3n) is 5.49. The van der Waals surface area contributed by atoms with Gasteiger partial charge in [-0.2, -0.15) is 0 Å². The van der Waals surface area contributed by atoms with E-state index in [1.54, 1.807) is 0 Å². The van der Waals surface area contributed by atoms with E-state index in [1.807, 2.05) is 0 Å². The molecule has 0 aromatic carbocycles. The lowest BCUT2D eigenvalue weighted by Gasteiger charge is -2.37. The van der Waals surface area contributed by atoms with E-state index in [-0.39, 0.29) is 12.4 Å². The van der Waals surface area contributed by atoms with Crippen LogP contribution >= 0.6 is 0 Å². The van der Waals surface area contributed by atoms with E-state index in [0.29, 0.717) is 12.2 Å². The summed E-state index contributed by atoms with van der Waals surface area (Å²) in [4.78, 5) is 0. The van der Waals surface area contributed by atoms with Crippen molar-refractivity contribution in [2.45, 2.75) is 83.3 Å². The second kappa shape index (κ2) is 13.1. The second-order valence-electron chi connectivity index (χ2n) is 7.99. The van der Waals surface area contributed by atoms with Gasteiger partial charge in [-0.05, 0) is 18.9 Å². The number of hydrogen-bond acceptors (Lipinski definition) is 2. The van der Waals surface area contributed by atoms with Crippen LogP contribution in [-0.4, -0.2) is 56.1 Å². The van der Waals surface area contributed by atoms with Gasteiger partial charge in [-0.3, -0.25) is 0 Å². The van der Waals surface area contributed by atoms with Gasteiger partial charge in [0.2, 0.25) is 0 Å². The predicted molar refractivity (Wildman–Crippen MR) is 101 cm³/mol. The van der Waals surface area contributed by atoms with Crippen molar-refractivity contribution in [2.75, 3.05) is 39.4 Å². The maximum atomic E-state index is 5.52. The molecule has 25 heavy (non-hydrogen) atoms. The number of nitrogens with zero attached hydrogens (tertiary/aromatic N) is 1. The van der Waals surface area contributed by atoms with Gasteiger partial charge >= 0.3 is 0 Å². The lowest BCUT2D eigenvalue weighted by Crippen LogP contribution is -3.00. The average Bonchev–Trinajstić information content (AvgIpc) is 3.47. The average molecular weight is 374 g/mol. The molecule has 0 amide bonds. The number of halogens is 1. The van der Waals surface area contributed by atoms with E-state index in [9.17, 15) is 0 Å². The summed E-state index contributed by atoms with van der Waals surface area (Å²) in [6.45, 7) is 12.9. The molecule has 2 rings (SSSR count). The Bertz CT molecular complexity index is 329. The Morgan fingerprint density at radius 3 is 1.68 bits per heavy atom. The van der Waals surface area contributed by atoms with Crippen molar-refractivity contribution in [3.63, 3.8) is 0 Å². The van der Waals surface area contributed by atoms with Crippen molar-refractivity contribution in [3.05, 3.63) is 12.7 Å². The molecule has 0 bridgehead atoms. The molecule has 2 atom stereocenters. The molecule has 2 saturated heterocycles. The van der Waals surface area contributed by atoms with Gasteiger partial charge in [0, 0.05) is 0 Å². The van der Waals surface area contributed by atoms with Gasteiger partial charge < -0.3 is 26.4 Å². The minimum absolute atomic E-state index is 0. The van der Waals surface area contributed by atoms with Crippen LogP contribution in [0.1, 0.15) is 71.1 Å². The Balaban J connectivity index is 0.00000312. The van der Waals surface area contributed by atoms with Gasteiger partial charge in [-0.1, -0.05) is 64.9 Å². The largest absolute Gasteiger partial charge is 1.00 e. The van der Waals surface area contributed by atoms with Crippen LogP contribution in [-0.2, 0) is 9.47 Å². The summed E-state index contributed by atoms with van der Waals surface area (Å²) in [5.74, 6) is 0. The Morgan fingerprint density at radius 2 is 1.28 bits per heavy atom. The lowest BCUT2D eigenvalue weighted by molar-refractivity contribution is -0.923. The minimum Gasteiger partial charge on any atom is -1.00 e. The molecule has 0 aliphatic carbocycles. The molecule has 0 spiro atoms. The third kappa shape index (κ3) is 10.6. The van der Waals surface area contributed by atoms with Gasteiger partial charge in [0.05, 0.1) is 26.3 Å². The maximum absolute atomic E-state index is 5.52. The fourth-order valence-corrected chi connectivity index (χ4v) is 3.92. The van der Waals surface area contributed by atoms with Crippen molar-refractivity contribution in [1.29, 1.82) is 0 Å². The van der Waals surface area contributed by atoms with Crippen LogP contribution in [0, 0.1) is 0 Å². The molecule has 2 aliphatic heterocycles. The van der Waals surface area contributed by atoms with Crippen LogP contribution in [0.4, 0.5) is 0 Å². The van der Waals surface area contributed by atoms with Crippen LogP contribution in [0.5, 0.6) is 0 Å². The standard InChI is InChI=1S/C21H40NO2.ClH/c1-3-5-6-7-8-9-10-11-12-13-15-22(14-4-2,16-20-18-23-20)17-21-19-24-21;/h4,20-21H,2-3,5-19H2,1H3;1H/q+1;/p-1. The molecule has 2 heterocycles. The molecule has 0 aromatic heterocycles. The van der Waals surface area contributed by atoms with E-state index >= 15 is 0 Å². The summed E-state index contributed by atoms with van der Waals surface area (Å²) < 4.78 is 12.2. The summed E-state index contributed by atoms with van der Waals surface area (Å²) in [6.07, 6.45) is 17.1. The zero-order valence-corrected chi connectivity index (χ0v) is 17.2. The zero-order chi connectivity index (χ0) is 17.1. The maximum Gasteiger partial charge on any atom is 0.130 e. The summed E-state index contributed by atoms with van der Waals surface area (Å²) in [5, 5.41) is 0. The van der Waals surface area contributed by atoms with Gasteiger partial charge in [-0.25, -0.2) is 0 Å². The van der Waals surface area contributed by atoms with Gasteiger partial charge in [-0.15, -0.1) is 0 Å². The van der Waals surface area contributed by atoms with E-state index in [0.717, 1.165) is 37.3 Å². The summed E-state index contributed by atoms with van der Waals surface area (Å²) >= 11 is 0. The molecule has 2 aliphatic rings. The fourth-order valence-electron chi connectivity index (χ4n) is 3.92. The molecule has 3 nitrogen and oxygen atoms in total. The molecular weight excluding hydrogens is 334 g/mol. The van der Waals surface area contributed by atoms with Crippen LogP contribution in [0.3, 0.4) is 0 Å². The number of hydrogen-bond donors (Lipinski definition) is 0. The number of ether oxygens (including phenoxy) is 2. The number of quaternary nitrogens is 1. The van der Waals surface area contributed by atoms with E-state index in [2.05, 4.69) is 19.6 Å². The van der Waals surface area contributed by atoms with E-state index in [1.165, 1.54) is 70.8 Å². The first-order valence-corrected chi connectivity index (χ1v) is 10.5. The topological polar surface area (TPSA) is 25.1 Å². The van der Waals surface area contributed by atoms with Gasteiger partial charge in [0.25, 0.3) is 0 Å². The summed E-state index contributed by atoms with van der Waals surface area (Å²) in [5.41, 5.74) is 0. The monoisotopic (exact) mass is 373 g/mol. The molecule has 0 radical (unpaired) electrons. The van der Waals surface area contributed by atoms with E-state index in [4.69, 9.17) is 9.47 Å². The second-order valence-corrected chi connectivity index (χ2v) is 7.99.